The van der Waals surface area contributed by atoms with Crippen LogP contribution in [0.4, 0.5) is 0 Å². The van der Waals surface area contributed by atoms with E-state index < -0.39 is 11.9 Å². The molecule has 150 valence electrons. The monoisotopic (exact) mass is 430 g/mol. The van der Waals surface area contributed by atoms with E-state index in [0.29, 0.717) is 15.6 Å². The molecule has 6 nitrogen and oxygen atoms in total. The number of carbonyl (C=O) groups excluding carboxylic acids is 2. The van der Waals surface area contributed by atoms with Crippen LogP contribution in [0.1, 0.15) is 12.5 Å². The van der Waals surface area contributed by atoms with Crippen LogP contribution in [0.25, 0.3) is 16.3 Å². The number of thiazole rings is 1. The molecule has 0 bridgehead atoms. The van der Waals surface area contributed by atoms with Gasteiger partial charge in [0.25, 0.3) is 5.91 Å². The molecule has 0 radical (unpaired) electrons. The van der Waals surface area contributed by atoms with Crippen molar-refractivity contribution < 1.29 is 19.1 Å². The zero-order valence-electron chi connectivity index (χ0n) is 15.9. The van der Waals surface area contributed by atoms with Gasteiger partial charge in [-0.2, -0.15) is 4.99 Å². The Morgan fingerprint density at radius 1 is 1.24 bits per heavy atom. The van der Waals surface area contributed by atoms with Crippen molar-refractivity contribution in [3.8, 4) is 5.75 Å². The number of hydrogen-bond donors (Lipinski definition) is 0. The molecule has 0 unspecified atom stereocenters. The Morgan fingerprint density at radius 2 is 2.03 bits per heavy atom. The van der Waals surface area contributed by atoms with Crippen LogP contribution < -0.4 is 9.54 Å². The van der Waals surface area contributed by atoms with Crippen molar-refractivity contribution >= 4 is 51.1 Å². The molecule has 3 rings (SSSR count). The molecular weight excluding hydrogens is 412 g/mol. The number of halogens is 1. The van der Waals surface area contributed by atoms with Crippen LogP contribution in [-0.2, 0) is 20.9 Å². The largest absolute Gasteiger partial charge is 0.497 e. The number of esters is 1. The van der Waals surface area contributed by atoms with Crippen molar-refractivity contribution in [1.29, 1.82) is 0 Å². The predicted molar refractivity (Wildman–Crippen MR) is 114 cm³/mol. The number of methoxy groups -OCH3 is 1. The molecule has 0 saturated heterocycles. The van der Waals surface area contributed by atoms with Crippen LogP contribution >= 0.6 is 22.9 Å². The smallest absolute Gasteiger partial charge is 0.326 e. The van der Waals surface area contributed by atoms with E-state index in [1.807, 2.05) is 24.3 Å². The first-order chi connectivity index (χ1) is 14.0. The lowest BCUT2D eigenvalue weighted by atomic mass is 10.2. The second-order valence-corrected chi connectivity index (χ2v) is 7.33. The fourth-order valence-electron chi connectivity index (χ4n) is 2.66. The van der Waals surface area contributed by atoms with E-state index in [-0.39, 0.29) is 13.2 Å². The number of benzene rings is 2. The molecule has 0 atom stereocenters. The molecule has 1 amide bonds. The van der Waals surface area contributed by atoms with Gasteiger partial charge < -0.3 is 14.0 Å². The molecule has 3 aromatic rings. The summed E-state index contributed by atoms with van der Waals surface area (Å²) < 4.78 is 12.8. The van der Waals surface area contributed by atoms with Crippen LogP contribution in [0.15, 0.2) is 53.5 Å². The highest BCUT2D eigenvalue weighted by Crippen LogP contribution is 2.23. The summed E-state index contributed by atoms with van der Waals surface area (Å²) in [6, 6.07) is 12.7. The Bertz CT molecular complexity index is 1150. The zero-order valence-corrected chi connectivity index (χ0v) is 17.5. The molecule has 0 aliphatic carbocycles. The van der Waals surface area contributed by atoms with Gasteiger partial charge in [-0.05, 0) is 42.8 Å². The van der Waals surface area contributed by atoms with Gasteiger partial charge in [-0.1, -0.05) is 41.1 Å². The Labute approximate surface area is 176 Å². The van der Waals surface area contributed by atoms with Gasteiger partial charge in [0.05, 0.1) is 23.9 Å². The lowest BCUT2D eigenvalue weighted by Gasteiger charge is -2.05. The summed E-state index contributed by atoms with van der Waals surface area (Å²) >= 11 is 7.40. The predicted octanol–water partition coefficient (Wildman–Crippen LogP) is 4.07. The van der Waals surface area contributed by atoms with E-state index in [4.69, 9.17) is 21.1 Å². The number of rotatable bonds is 6. The van der Waals surface area contributed by atoms with Crippen LogP contribution in [-0.4, -0.2) is 30.2 Å². The molecule has 0 aliphatic rings. The highest BCUT2D eigenvalue weighted by molar-refractivity contribution is 7.16. The van der Waals surface area contributed by atoms with Gasteiger partial charge in [0.2, 0.25) is 0 Å². The van der Waals surface area contributed by atoms with Crippen molar-refractivity contribution in [3.63, 3.8) is 0 Å². The van der Waals surface area contributed by atoms with E-state index in [1.54, 1.807) is 42.9 Å². The van der Waals surface area contributed by atoms with Crippen LogP contribution in [0.2, 0.25) is 5.02 Å². The number of nitrogens with zero attached hydrogens (tertiary/aromatic N) is 2. The van der Waals surface area contributed by atoms with Crippen molar-refractivity contribution in [1.82, 2.24) is 4.57 Å². The minimum atomic E-state index is -0.457. The minimum Gasteiger partial charge on any atom is -0.497 e. The van der Waals surface area contributed by atoms with E-state index >= 15 is 0 Å². The fraction of sp³-hybridized carbons (Fsp3) is 0.190. The molecular formula is C21H19ClN2O4S. The van der Waals surface area contributed by atoms with Crippen molar-refractivity contribution in [2.75, 3.05) is 13.7 Å². The third kappa shape index (κ3) is 5.13. The summed E-state index contributed by atoms with van der Waals surface area (Å²) in [7, 11) is 1.58. The van der Waals surface area contributed by atoms with Crippen LogP contribution in [0.5, 0.6) is 5.75 Å². The van der Waals surface area contributed by atoms with Gasteiger partial charge in [-0.25, -0.2) is 0 Å². The average Bonchev–Trinajstić information content (AvgIpc) is 3.03. The van der Waals surface area contributed by atoms with Gasteiger partial charge >= 0.3 is 5.97 Å². The first kappa shape index (κ1) is 20.8. The normalized spacial score (nSPS) is 11.9. The highest BCUT2D eigenvalue weighted by Gasteiger charge is 2.12. The SMILES string of the molecule is CCOC(=O)Cn1c(=NC(=O)/C=C/c2ccccc2Cl)sc2cc(OC)ccc21. The quantitative estimate of drug-likeness (QED) is 0.436. The molecule has 1 heterocycles. The molecule has 0 saturated carbocycles. The molecule has 0 spiro atoms. The summed E-state index contributed by atoms with van der Waals surface area (Å²) in [6.07, 6.45) is 2.96. The summed E-state index contributed by atoms with van der Waals surface area (Å²) in [6.45, 7) is 1.98. The maximum Gasteiger partial charge on any atom is 0.326 e. The van der Waals surface area contributed by atoms with E-state index in [2.05, 4.69) is 4.99 Å². The van der Waals surface area contributed by atoms with E-state index in [0.717, 1.165) is 15.8 Å². The number of aromatic nitrogens is 1. The lowest BCUT2D eigenvalue weighted by Crippen LogP contribution is -2.22. The zero-order chi connectivity index (χ0) is 20.8. The van der Waals surface area contributed by atoms with Crippen molar-refractivity contribution in [2.45, 2.75) is 13.5 Å². The van der Waals surface area contributed by atoms with E-state index in [1.165, 1.54) is 17.4 Å². The first-order valence-corrected chi connectivity index (χ1v) is 10.1. The van der Waals surface area contributed by atoms with Crippen molar-refractivity contribution in [2.24, 2.45) is 4.99 Å². The fourth-order valence-corrected chi connectivity index (χ4v) is 3.92. The molecule has 8 heteroatoms. The topological polar surface area (TPSA) is 69.9 Å². The average molecular weight is 431 g/mol. The lowest BCUT2D eigenvalue weighted by molar-refractivity contribution is -0.143. The maximum atomic E-state index is 12.4. The van der Waals surface area contributed by atoms with Gasteiger partial charge in [-0.15, -0.1) is 0 Å². The Hall–Kier alpha value is -2.90. The Kier molecular flexibility index (Phi) is 6.85. The Balaban J connectivity index is 2.00. The molecule has 1 aromatic heterocycles. The van der Waals surface area contributed by atoms with Crippen molar-refractivity contribution in [3.05, 3.63) is 63.9 Å². The molecule has 0 N–H and O–H groups in total. The van der Waals surface area contributed by atoms with E-state index in [9.17, 15) is 9.59 Å². The van der Waals surface area contributed by atoms with Gasteiger partial charge in [-0.3, -0.25) is 9.59 Å². The van der Waals surface area contributed by atoms with Crippen LogP contribution in [0.3, 0.4) is 0 Å². The minimum absolute atomic E-state index is 0.0412. The number of fused-ring (bicyclic) bond motifs is 1. The van der Waals surface area contributed by atoms with Gasteiger partial charge in [0.15, 0.2) is 4.80 Å². The summed E-state index contributed by atoms with van der Waals surface area (Å²) in [5, 5.41) is 0.544. The maximum absolute atomic E-state index is 12.4. The third-order valence-electron chi connectivity index (χ3n) is 4.00. The number of amides is 1. The first-order valence-electron chi connectivity index (χ1n) is 8.86. The summed E-state index contributed by atoms with van der Waals surface area (Å²) in [5.74, 6) is -0.178. The number of hydrogen-bond acceptors (Lipinski definition) is 5. The number of carbonyl (C=O) groups is 2. The van der Waals surface area contributed by atoms with Gasteiger partial charge in [0, 0.05) is 11.1 Å². The molecule has 0 fully saturated rings. The Morgan fingerprint density at radius 3 is 2.76 bits per heavy atom. The second kappa shape index (κ2) is 9.54. The number of ether oxygens (including phenoxy) is 2. The third-order valence-corrected chi connectivity index (χ3v) is 5.38. The second-order valence-electron chi connectivity index (χ2n) is 5.91. The highest BCUT2D eigenvalue weighted by atomic mass is 35.5. The standard InChI is InChI=1S/C21H19ClN2O4S/c1-3-28-20(26)13-24-17-10-9-15(27-2)12-18(17)29-21(24)23-19(25)11-8-14-6-4-5-7-16(14)22/h4-12H,3,13H2,1-2H3/b11-8+,23-21?. The summed E-state index contributed by atoms with van der Waals surface area (Å²) in [5.41, 5.74) is 1.49. The van der Waals surface area contributed by atoms with Crippen LogP contribution in [0, 0.1) is 0 Å². The molecule has 2 aromatic carbocycles. The molecule has 29 heavy (non-hydrogen) atoms. The summed E-state index contributed by atoms with van der Waals surface area (Å²) in [4.78, 5) is 29.0. The molecule has 0 aliphatic heterocycles. The van der Waals surface area contributed by atoms with Gasteiger partial charge in [0.1, 0.15) is 12.3 Å².